The summed E-state index contributed by atoms with van der Waals surface area (Å²) in [6, 6.07) is 8.78. The predicted octanol–water partition coefficient (Wildman–Crippen LogP) is 3.73. The summed E-state index contributed by atoms with van der Waals surface area (Å²) >= 11 is 6.14. The normalized spacial score (nSPS) is 10.5. The Kier molecular flexibility index (Phi) is 3.41. The number of carboxylic acid groups (broad SMARTS) is 1. The fourth-order valence-electron chi connectivity index (χ4n) is 2.06. The fraction of sp³-hybridized carbons (Fsp3) is 0. The summed E-state index contributed by atoms with van der Waals surface area (Å²) in [5, 5.41) is 13.7. The molecule has 0 saturated carbocycles. The molecule has 0 bridgehead atoms. The first-order chi connectivity index (χ1) is 10.2. The van der Waals surface area contributed by atoms with Crippen molar-refractivity contribution in [2.24, 2.45) is 0 Å². The van der Waals surface area contributed by atoms with E-state index in [1.807, 2.05) is 6.07 Å². The van der Waals surface area contributed by atoms with Gasteiger partial charge < -0.3 is 10.4 Å². The highest BCUT2D eigenvalue weighted by Gasteiger charge is 2.12. The lowest BCUT2D eigenvalue weighted by Crippen LogP contribution is -2.03. The summed E-state index contributed by atoms with van der Waals surface area (Å²) in [5.41, 5.74) is 1.91. The van der Waals surface area contributed by atoms with Gasteiger partial charge in [0.1, 0.15) is 5.56 Å². The van der Waals surface area contributed by atoms with Crippen LogP contribution in [-0.2, 0) is 0 Å². The number of carbonyl (C=O) groups is 1. The van der Waals surface area contributed by atoms with E-state index < -0.39 is 5.97 Å². The Morgan fingerprint density at radius 1 is 1.14 bits per heavy atom. The zero-order valence-electron chi connectivity index (χ0n) is 10.7. The van der Waals surface area contributed by atoms with Crippen LogP contribution in [0.4, 0.5) is 11.4 Å². The molecule has 0 aliphatic carbocycles. The minimum atomic E-state index is -1.04. The molecule has 0 amide bonds. The van der Waals surface area contributed by atoms with E-state index in [0.717, 1.165) is 5.39 Å². The van der Waals surface area contributed by atoms with Gasteiger partial charge in [-0.05, 0) is 30.3 Å². The number of hydrogen-bond acceptors (Lipinski definition) is 4. The Morgan fingerprint density at radius 2 is 2.00 bits per heavy atom. The summed E-state index contributed by atoms with van der Waals surface area (Å²) in [7, 11) is 0. The van der Waals surface area contributed by atoms with Crippen LogP contribution in [0.25, 0.3) is 10.9 Å². The molecule has 0 atom stereocenters. The summed E-state index contributed by atoms with van der Waals surface area (Å²) in [6.07, 6.45) is 4.49. The van der Waals surface area contributed by atoms with E-state index in [9.17, 15) is 9.90 Å². The highest BCUT2D eigenvalue weighted by molar-refractivity contribution is 6.35. The second kappa shape index (κ2) is 5.38. The zero-order valence-corrected chi connectivity index (χ0v) is 11.5. The number of anilines is 2. The van der Waals surface area contributed by atoms with Gasteiger partial charge in [-0.25, -0.2) is 4.79 Å². The van der Waals surface area contributed by atoms with Gasteiger partial charge in [-0.15, -0.1) is 0 Å². The molecule has 104 valence electrons. The van der Waals surface area contributed by atoms with Crippen LogP contribution < -0.4 is 5.32 Å². The molecule has 6 heteroatoms. The Bertz CT molecular complexity index is 836. The molecule has 5 nitrogen and oxygen atoms in total. The third kappa shape index (κ3) is 2.51. The van der Waals surface area contributed by atoms with Crippen LogP contribution in [0.3, 0.4) is 0 Å². The van der Waals surface area contributed by atoms with Gasteiger partial charge >= 0.3 is 5.97 Å². The van der Waals surface area contributed by atoms with Gasteiger partial charge in [-0.1, -0.05) is 11.6 Å². The van der Waals surface area contributed by atoms with Gasteiger partial charge in [-0.3, -0.25) is 9.97 Å². The van der Waals surface area contributed by atoms with Crippen LogP contribution in [0.5, 0.6) is 0 Å². The van der Waals surface area contributed by atoms with E-state index >= 15 is 0 Å². The van der Waals surface area contributed by atoms with Crippen LogP contribution >= 0.6 is 11.6 Å². The third-order valence-electron chi connectivity index (χ3n) is 3.04. The van der Waals surface area contributed by atoms with Crippen LogP contribution in [0.15, 0.2) is 48.9 Å². The number of hydrogen-bond donors (Lipinski definition) is 2. The molecule has 21 heavy (non-hydrogen) atoms. The fourth-order valence-corrected chi connectivity index (χ4v) is 2.27. The zero-order chi connectivity index (χ0) is 14.8. The third-order valence-corrected chi connectivity index (χ3v) is 3.37. The molecule has 0 fully saturated rings. The average Bonchev–Trinajstić information content (AvgIpc) is 2.51. The number of benzene rings is 1. The smallest absolute Gasteiger partial charge is 0.339 e. The van der Waals surface area contributed by atoms with Crippen molar-refractivity contribution >= 4 is 39.8 Å². The Morgan fingerprint density at radius 3 is 2.81 bits per heavy atom. The van der Waals surface area contributed by atoms with Crippen LogP contribution in [0.1, 0.15) is 10.4 Å². The van der Waals surface area contributed by atoms with Gasteiger partial charge in [-0.2, -0.15) is 0 Å². The van der Waals surface area contributed by atoms with Crippen molar-refractivity contribution in [3.05, 3.63) is 59.5 Å². The monoisotopic (exact) mass is 299 g/mol. The van der Waals surface area contributed by atoms with E-state index in [1.165, 1.54) is 12.4 Å². The van der Waals surface area contributed by atoms with Crippen LogP contribution in [-0.4, -0.2) is 21.0 Å². The van der Waals surface area contributed by atoms with Crippen molar-refractivity contribution in [3.8, 4) is 0 Å². The summed E-state index contributed by atoms with van der Waals surface area (Å²) in [6.45, 7) is 0. The molecule has 3 rings (SSSR count). The van der Waals surface area contributed by atoms with E-state index in [4.69, 9.17) is 11.6 Å². The summed E-state index contributed by atoms with van der Waals surface area (Å²) in [4.78, 5) is 19.3. The summed E-state index contributed by atoms with van der Waals surface area (Å²) < 4.78 is 0. The molecule has 0 aliphatic heterocycles. The molecule has 0 spiro atoms. The van der Waals surface area contributed by atoms with Crippen molar-refractivity contribution in [3.63, 3.8) is 0 Å². The molecule has 0 unspecified atom stereocenters. The quantitative estimate of drug-likeness (QED) is 0.771. The van der Waals surface area contributed by atoms with E-state index in [-0.39, 0.29) is 5.56 Å². The van der Waals surface area contributed by atoms with Crippen molar-refractivity contribution < 1.29 is 9.90 Å². The molecule has 0 saturated heterocycles. The van der Waals surface area contributed by atoms with E-state index in [2.05, 4.69) is 15.3 Å². The molecule has 2 N–H and O–H groups in total. The van der Waals surface area contributed by atoms with E-state index in [0.29, 0.717) is 21.9 Å². The van der Waals surface area contributed by atoms with Crippen LogP contribution in [0.2, 0.25) is 5.02 Å². The first-order valence-corrected chi connectivity index (χ1v) is 6.52. The maximum absolute atomic E-state index is 11.2. The van der Waals surface area contributed by atoms with Gasteiger partial charge in [0, 0.05) is 24.0 Å². The number of carboxylic acids is 1. The molecule has 3 aromatic rings. The van der Waals surface area contributed by atoms with Gasteiger partial charge in [0.05, 0.1) is 21.9 Å². The standard InChI is InChI=1S/C15H10ClN3O2/c16-11-3-4-13(14-9(11)2-1-6-18-14)19-12-5-7-17-8-10(12)15(20)21/h1-8H,(H,17,19)(H,20,21). The molecule has 1 aromatic carbocycles. The Balaban J connectivity index is 2.11. The summed E-state index contributed by atoms with van der Waals surface area (Å²) in [5.74, 6) is -1.04. The lowest BCUT2D eigenvalue weighted by Gasteiger charge is -2.11. The molecule has 0 radical (unpaired) electrons. The molecular weight excluding hydrogens is 290 g/mol. The van der Waals surface area contributed by atoms with Crippen molar-refractivity contribution in [1.29, 1.82) is 0 Å². The topological polar surface area (TPSA) is 75.1 Å². The number of nitrogens with one attached hydrogen (secondary N) is 1. The highest BCUT2D eigenvalue weighted by Crippen LogP contribution is 2.30. The highest BCUT2D eigenvalue weighted by atomic mass is 35.5. The van der Waals surface area contributed by atoms with Crippen molar-refractivity contribution in [2.45, 2.75) is 0 Å². The molecule has 2 heterocycles. The largest absolute Gasteiger partial charge is 0.478 e. The SMILES string of the molecule is O=C(O)c1cnccc1Nc1ccc(Cl)c2cccnc12. The first-order valence-electron chi connectivity index (χ1n) is 6.14. The number of halogens is 1. The number of pyridine rings is 2. The lowest BCUT2D eigenvalue weighted by atomic mass is 10.1. The Hall–Kier alpha value is -2.66. The number of rotatable bonds is 3. The second-order valence-electron chi connectivity index (χ2n) is 4.35. The number of aromatic nitrogens is 2. The minimum Gasteiger partial charge on any atom is -0.478 e. The number of fused-ring (bicyclic) bond motifs is 1. The van der Waals surface area contributed by atoms with Gasteiger partial charge in [0.15, 0.2) is 0 Å². The first kappa shape index (κ1) is 13.3. The van der Waals surface area contributed by atoms with Gasteiger partial charge in [0.25, 0.3) is 0 Å². The maximum atomic E-state index is 11.2. The van der Waals surface area contributed by atoms with E-state index in [1.54, 1.807) is 30.5 Å². The van der Waals surface area contributed by atoms with Crippen molar-refractivity contribution in [2.75, 3.05) is 5.32 Å². The number of nitrogens with zero attached hydrogens (tertiary/aromatic N) is 2. The van der Waals surface area contributed by atoms with Crippen molar-refractivity contribution in [1.82, 2.24) is 9.97 Å². The predicted molar refractivity (Wildman–Crippen MR) is 81.2 cm³/mol. The van der Waals surface area contributed by atoms with Gasteiger partial charge in [0.2, 0.25) is 0 Å². The average molecular weight is 300 g/mol. The second-order valence-corrected chi connectivity index (χ2v) is 4.75. The Labute approximate surface area is 125 Å². The minimum absolute atomic E-state index is 0.0940. The maximum Gasteiger partial charge on any atom is 0.339 e. The molecule has 2 aromatic heterocycles. The van der Waals surface area contributed by atoms with Crippen LogP contribution in [0, 0.1) is 0 Å². The molecular formula is C15H10ClN3O2. The molecule has 0 aliphatic rings. The number of aromatic carboxylic acids is 1. The lowest BCUT2D eigenvalue weighted by molar-refractivity contribution is 0.0697.